The number of pyridine rings is 1. The molecule has 0 atom stereocenters. The van der Waals surface area contributed by atoms with Gasteiger partial charge >= 0.3 is 6.09 Å². The summed E-state index contributed by atoms with van der Waals surface area (Å²) in [6.07, 6.45) is 1.21. The summed E-state index contributed by atoms with van der Waals surface area (Å²) >= 11 is 0. The Hall–Kier alpha value is -2.31. The molecule has 21 heavy (non-hydrogen) atoms. The summed E-state index contributed by atoms with van der Waals surface area (Å²) in [4.78, 5) is 30.8. The van der Waals surface area contributed by atoms with Crippen LogP contribution in [0.15, 0.2) is 18.3 Å². The molecule has 0 unspecified atom stereocenters. The lowest BCUT2D eigenvalue weighted by Gasteiger charge is -2.35. The summed E-state index contributed by atoms with van der Waals surface area (Å²) in [6, 6.07) is 3.64. The van der Waals surface area contributed by atoms with Crippen LogP contribution in [0.2, 0.25) is 0 Å². The Balaban J connectivity index is 1.91. The molecule has 1 fully saturated rings. The van der Waals surface area contributed by atoms with Crippen molar-refractivity contribution >= 4 is 23.5 Å². The highest BCUT2D eigenvalue weighted by Gasteiger charge is 2.18. The van der Waals surface area contributed by atoms with E-state index in [0.29, 0.717) is 12.4 Å². The topological polar surface area (TPSA) is 74.8 Å². The van der Waals surface area contributed by atoms with E-state index in [1.807, 2.05) is 11.0 Å². The predicted molar refractivity (Wildman–Crippen MR) is 79.3 cm³/mol. The van der Waals surface area contributed by atoms with Gasteiger partial charge < -0.3 is 14.5 Å². The van der Waals surface area contributed by atoms with Crippen molar-refractivity contribution < 1.29 is 14.3 Å². The Morgan fingerprint density at radius 2 is 2.00 bits per heavy atom. The van der Waals surface area contributed by atoms with Gasteiger partial charge in [-0.05, 0) is 19.1 Å². The number of nitrogens with one attached hydrogen (secondary N) is 1. The van der Waals surface area contributed by atoms with Crippen LogP contribution in [0.3, 0.4) is 0 Å². The minimum atomic E-state index is -0.507. The highest BCUT2D eigenvalue weighted by atomic mass is 16.5. The molecule has 0 bridgehead atoms. The molecule has 0 aliphatic carbocycles. The summed E-state index contributed by atoms with van der Waals surface area (Å²) in [6.45, 7) is 6.67. The van der Waals surface area contributed by atoms with Crippen LogP contribution >= 0.6 is 0 Å². The summed E-state index contributed by atoms with van der Waals surface area (Å²) in [7, 11) is 0. The summed E-state index contributed by atoms with van der Waals surface area (Å²) in [5, 5.41) is 2.55. The van der Waals surface area contributed by atoms with Gasteiger partial charge in [-0.15, -0.1) is 0 Å². The van der Waals surface area contributed by atoms with Gasteiger partial charge in [0.25, 0.3) is 0 Å². The molecule has 1 saturated heterocycles. The second-order valence-electron chi connectivity index (χ2n) is 4.74. The summed E-state index contributed by atoms with van der Waals surface area (Å²) in [5.74, 6) is 0.571. The zero-order valence-electron chi connectivity index (χ0n) is 12.3. The number of aromatic nitrogens is 1. The number of anilines is 2. The lowest BCUT2D eigenvalue weighted by atomic mass is 10.2. The molecule has 2 heterocycles. The molecule has 1 N–H and O–H groups in total. The number of hydrogen-bond acceptors (Lipinski definition) is 5. The lowest BCUT2D eigenvalue weighted by molar-refractivity contribution is -0.129. The first-order valence-corrected chi connectivity index (χ1v) is 7.00. The highest BCUT2D eigenvalue weighted by Crippen LogP contribution is 2.17. The van der Waals surface area contributed by atoms with Crippen molar-refractivity contribution in [3.05, 3.63) is 18.3 Å². The van der Waals surface area contributed by atoms with Crippen molar-refractivity contribution in [2.75, 3.05) is 43.0 Å². The average Bonchev–Trinajstić information content (AvgIpc) is 2.48. The number of piperazine rings is 1. The van der Waals surface area contributed by atoms with Gasteiger partial charge in [0.15, 0.2) is 0 Å². The van der Waals surface area contributed by atoms with E-state index in [4.69, 9.17) is 4.74 Å². The van der Waals surface area contributed by atoms with E-state index in [9.17, 15) is 9.59 Å². The largest absolute Gasteiger partial charge is 0.450 e. The molecule has 1 aromatic rings. The maximum absolute atomic E-state index is 11.3. The van der Waals surface area contributed by atoms with Crippen molar-refractivity contribution in [3.63, 3.8) is 0 Å². The van der Waals surface area contributed by atoms with E-state index in [1.165, 1.54) is 0 Å². The van der Waals surface area contributed by atoms with E-state index in [2.05, 4.69) is 15.2 Å². The van der Waals surface area contributed by atoms with Gasteiger partial charge in [0.05, 0.1) is 18.5 Å². The van der Waals surface area contributed by atoms with Crippen molar-refractivity contribution in [1.29, 1.82) is 0 Å². The maximum atomic E-state index is 11.3. The molecule has 0 radical (unpaired) electrons. The first-order chi connectivity index (χ1) is 10.1. The number of hydrogen-bond donors (Lipinski definition) is 1. The smallest absolute Gasteiger partial charge is 0.412 e. The van der Waals surface area contributed by atoms with Crippen molar-refractivity contribution in [2.45, 2.75) is 13.8 Å². The van der Waals surface area contributed by atoms with Crippen molar-refractivity contribution in [2.24, 2.45) is 0 Å². The first-order valence-electron chi connectivity index (χ1n) is 7.00. The Labute approximate surface area is 123 Å². The molecule has 0 saturated carbocycles. The molecule has 7 heteroatoms. The first kappa shape index (κ1) is 15.1. The number of ether oxygens (including phenoxy) is 1. The van der Waals surface area contributed by atoms with Gasteiger partial charge in [0, 0.05) is 33.1 Å². The predicted octanol–water partition coefficient (Wildman–Crippen LogP) is 1.32. The van der Waals surface area contributed by atoms with E-state index in [-0.39, 0.29) is 5.91 Å². The molecule has 114 valence electrons. The Morgan fingerprint density at radius 1 is 1.29 bits per heavy atom. The second-order valence-corrected chi connectivity index (χ2v) is 4.74. The van der Waals surface area contributed by atoms with Gasteiger partial charge in [0.2, 0.25) is 5.91 Å². The van der Waals surface area contributed by atoms with Crippen LogP contribution in [-0.4, -0.2) is 54.7 Å². The van der Waals surface area contributed by atoms with Crippen LogP contribution in [-0.2, 0) is 9.53 Å². The third kappa shape index (κ3) is 4.08. The lowest BCUT2D eigenvalue weighted by Crippen LogP contribution is -2.48. The van der Waals surface area contributed by atoms with Crippen molar-refractivity contribution in [1.82, 2.24) is 9.88 Å². The molecule has 1 aromatic heterocycles. The maximum Gasteiger partial charge on any atom is 0.412 e. The van der Waals surface area contributed by atoms with Gasteiger partial charge in [-0.25, -0.2) is 9.78 Å². The minimum Gasteiger partial charge on any atom is -0.450 e. The SMILES string of the molecule is CCOC(=O)Nc1ccc(N2CCN(C(C)=O)CC2)cn1. The molecule has 2 amide bonds. The third-order valence-corrected chi connectivity index (χ3v) is 3.34. The summed E-state index contributed by atoms with van der Waals surface area (Å²) in [5.41, 5.74) is 0.979. The van der Waals surface area contributed by atoms with Crippen LogP contribution in [0.25, 0.3) is 0 Å². The Morgan fingerprint density at radius 3 is 2.52 bits per heavy atom. The quantitative estimate of drug-likeness (QED) is 0.909. The van der Waals surface area contributed by atoms with E-state index in [0.717, 1.165) is 31.9 Å². The second kappa shape index (κ2) is 6.92. The van der Waals surface area contributed by atoms with E-state index in [1.54, 1.807) is 26.1 Å². The molecule has 1 aliphatic rings. The van der Waals surface area contributed by atoms with Crippen LogP contribution < -0.4 is 10.2 Å². The molecular formula is C14H20N4O3. The van der Waals surface area contributed by atoms with Crippen LogP contribution in [0.4, 0.5) is 16.3 Å². The van der Waals surface area contributed by atoms with Crippen LogP contribution in [0.1, 0.15) is 13.8 Å². The summed E-state index contributed by atoms with van der Waals surface area (Å²) < 4.78 is 4.79. The number of carbonyl (C=O) groups is 2. The Kier molecular flexibility index (Phi) is 4.97. The normalized spacial score (nSPS) is 14.8. The molecule has 7 nitrogen and oxygen atoms in total. The number of nitrogens with zero attached hydrogens (tertiary/aromatic N) is 3. The fraction of sp³-hybridized carbons (Fsp3) is 0.500. The van der Waals surface area contributed by atoms with Gasteiger partial charge in [-0.2, -0.15) is 0 Å². The van der Waals surface area contributed by atoms with E-state index < -0.39 is 6.09 Å². The highest BCUT2D eigenvalue weighted by molar-refractivity contribution is 5.83. The van der Waals surface area contributed by atoms with Crippen LogP contribution in [0.5, 0.6) is 0 Å². The standard InChI is InChI=1S/C14H20N4O3/c1-3-21-14(20)16-13-5-4-12(10-15-13)18-8-6-17(7-9-18)11(2)19/h4-5,10H,3,6-9H2,1-2H3,(H,15,16,20). The average molecular weight is 292 g/mol. The molecule has 0 spiro atoms. The van der Waals surface area contributed by atoms with Gasteiger partial charge in [-0.1, -0.05) is 0 Å². The van der Waals surface area contributed by atoms with Crippen molar-refractivity contribution in [3.8, 4) is 0 Å². The molecule has 2 rings (SSSR count). The molecule has 0 aromatic carbocycles. The Bertz CT molecular complexity index is 495. The number of rotatable bonds is 3. The third-order valence-electron chi connectivity index (χ3n) is 3.34. The van der Waals surface area contributed by atoms with Gasteiger partial charge in [0.1, 0.15) is 5.82 Å². The fourth-order valence-corrected chi connectivity index (χ4v) is 2.20. The van der Waals surface area contributed by atoms with Gasteiger partial charge in [-0.3, -0.25) is 10.1 Å². The fourth-order valence-electron chi connectivity index (χ4n) is 2.20. The monoisotopic (exact) mass is 292 g/mol. The van der Waals surface area contributed by atoms with E-state index >= 15 is 0 Å². The van der Waals surface area contributed by atoms with Crippen LogP contribution in [0, 0.1) is 0 Å². The molecular weight excluding hydrogens is 272 g/mol. The number of carbonyl (C=O) groups excluding carboxylic acids is 2. The number of amides is 2. The minimum absolute atomic E-state index is 0.113. The zero-order chi connectivity index (χ0) is 15.2. The molecule has 1 aliphatic heterocycles. The zero-order valence-corrected chi connectivity index (χ0v) is 12.3.